The fraction of sp³-hybridized carbons (Fsp3) is 0.213. The van der Waals surface area contributed by atoms with Crippen molar-refractivity contribution in [3.05, 3.63) is 283 Å². The molecule has 0 atom stereocenters. The maximum absolute atomic E-state index is 9.88. The molecule has 6 aromatic heterocycles. The molecule has 2 aliphatic rings. The predicted octanol–water partition coefficient (Wildman–Crippen LogP) is 22.7. The number of anilines is 6. The number of pyridine rings is 4. The molecule has 0 N–H and O–H groups in total. The Bertz CT molecular complexity index is 6180. The summed E-state index contributed by atoms with van der Waals surface area (Å²) in [6.07, 6.45) is 0. The van der Waals surface area contributed by atoms with E-state index in [4.69, 9.17) is 22.7 Å². The predicted molar refractivity (Wildman–Crippen MR) is 436 cm³/mol. The van der Waals surface area contributed by atoms with Gasteiger partial charge < -0.3 is 18.9 Å². The van der Waals surface area contributed by atoms with Crippen LogP contribution in [0.5, 0.6) is 0 Å². The van der Waals surface area contributed by atoms with E-state index in [2.05, 4.69) is 318 Å². The van der Waals surface area contributed by atoms with Gasteiger partial charge in [-0.05, 0) is 137 Å². The van der Waals surface area contributed by atoms with E-state index in [-0.39, 0.29) is 55.6 Å². The third-order valence-electron chi connectivity index (χ3n) is 20.7. The number of rotatable bonds is 8. The zero-order valence-electron chi connectivity index (χ0n) is 69.3. The Kier molecular flexibility index (Phi) is 13.0. The van der Waals surface area contributed by atoms with E-state index in [1.807, 2.05) is 6.07 Å². The topological polar surface area (TPSA) is 67.9 Å². The summed E-state index contributed by atoms with van der Waals surface area (Å²) in [4.78, 5) is 27.5. The zero-order chi connectivity index (χ0) is 78.4. The van der Waals surface area contributed by atoms with Crippen LogP contribution in [0.3, 0.4) is 0 Å². The Morgan fingerprint density at radius 1 is 0.301 bits per heavy atom. The minimum Gasteiger partial charge on any atom is -0.310 e. The minimum atomic E-state index is -0.559. The summed E-state index contributed by atoms with van der Waals surface area (Å²) in [7, 11) is 0. The van der Waals surface area contributed by atoms with E-state index in [9.17, 15) is 8.22 Å². The summed E-state index contributed by atoms with van der Waals surface area (Å²) < 4.78 is 79.8. The van der Waals surface area contributed by atoms with Crippen LogP contribution in [0.1, 0.15) is 143 Å². The van der Waals surface area contributed by atoms with Crippen LogP contribution in [0.2, 0.25) is 0 Å². The molecule has 8 heterocycles. The molecule has 0 amide bonds. The van der Waals surface area contributed by atoms with Crippen molar-refractivity contribution in [3.63, 3.8) is 0 Å². The first kappa shape index (κ1) is 56.5. The first-order valence-electron chi connectivity index (χ1n) is 39.8. The van der Waals surface area contributed by atoms with Crippen molar-refractivity contribution >= 4 is 101 Å². The molecule has 15 aromatic rings. The number of hydrogen-bond acceptors (Lipinski definition) is 6. The molecule has 0 saturated heterocycles. The lowest BCUT2D eigenvalue weighted by Crippen LogP contribution is -2.61. The SMILES string of the molecule is [2H]c1c([2H])c([2H])c2c(c1[2H])c1c([2H])c([2H])c([2H])c([2H])c1n2-c1ccc2c(c1)N(c1c(-c3cccc(C(C)(C)C)n3)cccc1-c1cccc(C(C)(C)C)n1)c1cc(C(C)(C)C)cc3c1B2c1ccc(-n2c4ccccc4c4ccccc42)cc1N3c1c(-c2cccc(C(C)(C)C)n2)cccc1-c1cccc(C(C)(C)C)n1. The third-order valence-corrected chi connectivity index (χ3v) is 20.7. The summed E-state index contributed by atoms with van der Waals surface area (Å²) in [6.45, 7) is 32.5. The molecule has 0 spiro atoms. The largest absolute Gasteiger partial charge is 0.310 e. The highest BCUT2D eigenvalue weighted by Crippen LogP contribution is 2.54. The number of benzene rings is 9. The molecule has 9 aromatic carbocycles. The van der Waals surface area contributed by atoms with Gasteiger partial charge in [-0.1, -0.05) is 249 Å². The summed E-state index contributed by atoms with van der Waals surface area (Å²) in [5.41, 5.74) is 20.6. The van der Waals surface area contributed by atoms with E-state index in [1.54, 1.807) is 4.57 Å². The lowest BCUT2D eigenvalue weighted by Gasteiger charge is -2.46. The number of para-hydroxylation sites is 6. The molecule has 506 valence electrons. The van der Waals surface area contributed by atoms with Crippen LogP contribution >= 0.6 is 0 Å². The lowest BCUT2D eigenvalue weighted by molar-refractivity contribution is 0.569. The fourth-order valence-electron chi connectivity index (χ4n) is 15.4. The highest BCUT2D eigenvalue weighted by atomic mass is 15.2. The highest BCUT2D eigenvalue weighted by Gasteiger charge is 2.47. The smallest absolute Gasteiger partial charge is 0.252 e. The van der Waals surface area contributed by atoms with Crippen LogP contribution in [0, 0.1) is 0 Å². The van der Waals surface area contributed by atoms with E-state index in [0.29, 0.717) is 11.4 Å². The van der Waals surface area contributed by atoms with Crippen LogP contribution in [0.15, 0.2) is 255 Å². The van der Waals surface area contributed by atoms with Gasteiger partial charge in [0.05, 0.1) is 67.2 Å². The normalized spacial score (nSPS) is 14.4. The monoisotopic (exact) mass is 1350 g/mol. The molecule has 0 saturated carbocycles. The summed E-state index contributed by atoms with van der Waals surface area (Å²) >= 11 is 0. The Hall–Kier alpha value is -11.2. The Morgan fingerprint density at radius 2 is 0.631 bits per heavy atom. The van der Waals surface area contributed by atoms with Crippen molar-refractivity contribution < 1.29 is 11.0 Å². The second-order valence-electron chi connectivity index (χ2n) is 33.0. The van der Waals surface area contributed by atoms with E-state index in [1.165, 1.54) is 0 Å². The molecule has 0 aliphatic carbocycles. The van der Waals surface area contributed by atoms with Crippen molar-refractivity contribution in [1.29, 1.82) is 0 Å². The molecule has 17 rings (SSSR count). The molecule has 0 bridgehead atoms. The van der Waals surface area contributed by atoms with Gasteiger partial charge in [-0.3, -0.25) is 19.9 Å². The summed E-state index contributed by atoms with van der Waals surface area (Å²) in [5, 5.41) is 2.23. The molecule has 0 fully saturated rings. The maximum atomic E-state index is 9.88. The van der Waals surface area contributed by atoms with Crippen LogP contribution in [0.25, 0.3) is 100 Å². The van der Waals surface area contributed by atoms with Crippen LogP contribution in [-0.4, -0.2) is 35.8 Å². The van der Waals surface area contributed by atoms with Gasteiger partial charge in [0.1, 0.15) is 0 Å². The van der Waals surface area contributed by atoms with Crippen molar-refractivity contribution in [2.75, 3.05) is 9.80 Å². The Balaban J connectivity index is 1.09. The van der Waals surface area contributed by atoms with Crippen molar-refractivity contribution in [2.45, 2.75) is 131 Å². The molecular weight excluding hydrogens is 1250 g/mol. The van der Waals surface area contributed by atoms with E-state index >= 15 is 0 Å². The molecule has 0 unspecified atom stereocenters. The average molecular weight is 1350 g/mol. The lowest BCUT2D eigenvalue weighted by atomic mass is 9.33. The Labute approximate surface area is 617 Å². The van der Waals surface area contributed by atoms with Gasteiger partial charge in [0, 0.05) is 122 Å². The van der Waals surface area contributed by atoms with E-state index < -0.39 is 48.4 Å². The first-order chi connectivity index (χ1) is 52.6. The summed E-state index contributed by atoms with van der Waals surface area (Å²) in [5.74, 6) is 0. The van der Waals surface area contributed by atoms with Crippen LogP contribution in [-0.2, 0) is 27.1 Å². The standard InChI is InChI=1S/C94H87BN8/c1-90(2,3)58-54-81-87-82(55-58)103(89-67(73-40-28-48-85(98-73)93(10,11)12)36-25-37-68(89)74-41-29-49-86(99-74)94(13,14)15)80-57-60(101-77-44-22-18-32-63(77)64-33-19-23-45-78(64)101)51-53-70(80)95(87)69-52-50-59(100-75-42-20-16-30-61(75)62-31-17-21-43-76(62)100)56-79(69)102(81)88-65(71-38-26-46-83(96-71)91(4,5)6)34-24-35-66(88)72-39-27-47-84(97-72)92(7,8)9/h16-57H,1-15H3/i16D,17D,20D,21D,30D,31D,42D,43D. The average Bonchev–Trinajstić information content (AvgIpc) is 1.36. The third kappa shape index (κ3) is 10.9. The maximum Gasteiger partial charge on any atom is 0.252 e. The van der Waals surface area contributed by atoms with Gasteiger partial charge >= 0.3 is 0 Å². The first-order valence-corrected chi connectivity index (χ1v) is 35.8. The molecular formula is C94H87BN8. The van der Waals surface area contributed by atoms with Crippen LogP contribution < -0.4 is 26.2 Å². The van der Waals surface area contributed by atoms with Gasteiger partial charge in [0.2, 0.25) is 0 Å². The van der Waals surface area contributed by atoms with Gasteiger partial charge in [-0.2, -0.15) is 0 Å². The molecule has 2 aliphatic heterocycles. The fourth-order valence-corrected chi connectivity index (χ4v) is 15.4. The molecule has 8 nitrogen and oxygen atoms in total. The van der Waals surface area contributed by atoms with Crippen molar-refractivity contribution in [1.82, 2.24) is 29.1 Å². The molecule has 9 heteroatoms. The van der Waals surface area contributed by atoms with Crippen molar-refractivity contribution in [3.8, 4) is 56.4 Å². The van der Waals surface area contributed by atoms with Gasteiger partial charge in [0.15, 0.2) is 0 Å². The van der Waals surface area contributed by atoms with E-state index in [0.717, 1.165) is 146 Å². The Morgan fingerprint density at radius 3 is 0.981 bits per heavy atom. The van der Waals surface area contributed by atoms with Gasteiger partial charge in [-0.25, -0.2) is 0 Å². The number of aromatic nitrogens is 6. The number of nitrogens with zero attached hydrogens (tertiary/aromatic N) is 8. The molecule has 103 heavy (non-hydrogen) atoms. The van der Waals surface area contributed by atoms with Crippen LogP contribution in [0.4, 0.5) is 34.1 Å². The number of fused-ring (bicyclic) bond motifs is 10. The second-order valence-corrected chi connectivity index (χ2v) is 33.0. The van der Waals surface area contributed by atoms with Crippen molar-refractivity contribution in [2.24, 2.45) is 0 Å². The highest BCUT2D eigenvalue weighted by molar-refractivity contribution is 7.00. The molecule has 0 radical (unpaired) electrons. The quantitative estimate of drug-likeness (QED) is 0.141. The number of hydrogen-bond donors (Lipinski definition) is 0. The second kappa shape index (κ2) is 23.7. The van der Waals surface area contributed by atoms with Gasteiger partial charge in [-0.15, -0.1) is 0 Å². The zero-order valence-corrected chi connectivity index (χ0v) is 61.3. The van der Waals surface area contributed by atoms with Gasteiger partial charge in [0.25, 0.3) is 6.71 Å². The minimum absolute atomic E-state index is 0.00899. The summed E-state index contributed by atoms with van der Waals surface area (Å²) in [6, 6.07) is 69.6.